The predicted molar refractivity (Wildman–Crippen MR) is 74.4 cm³/mol. The summed E-state index contributed by atoms with van der Waals surface area (Å²) in [4.78, 5) is 23.3. The number of alkyl halides is 3. The van der Waals surface area contributed by atoms with Crippen LogP contribution in [-0.2, 0) is 25.5 Å². The second-order valence-electron chi connectivity index (χ2n) is 5.31. The molecule has 0 spiro atoms. The monoisotopic (exact) mass is 330 g/mol. The lowest BCUT2D eigenvalue weighted by molar-refractivity contribution is -0.318. The largest absolute Gasteiger partial charge is 0.463 e. The third kappa shape index (κ3) is 3.18. The molecule has 126 valence electrons. The number of carbonyl (C=O) groups is 2. The summed E-state index contributed by atoms with van der Waals surface area (Å²) in [5.74, 6) is -4.11. The van der Waals surface area contributed by atoms with Crippen molar-refractivity contribution < 1.29 is 32.2 Å². The maximum absolute atomic E-state index is 13.3. The Balaban J connectivity index is 2.08. The minimum absolute atomic E-state index is 0.0912. The summed E-state index contributed by atoms with van der Waals surface area (Å²) in [7, 11) is 0. The van der Waals surface area contributed by atoms with Gasteiger partial charge in [-0.05, 0) is 31.7 Å². The molecule has 0 aliphatic carbocycles. The maximum Gasteiger partial charge on any atom is 0.440 e. The first-order valence-corrected chi connectivity index (χ1v) is 7.33. The van der Waals surface area contributed by atoms with E-state index in [1.54, 1.807) is 0 Å². The van der Waals surface area contributed by atoms with Crippen molar-refractivity contribution in [3.8, 4) is 0 Å². The van der Waals surface area contributed by atoms with Crippen LogP contribution >= 0.6 is 0 Å². The molecule has 2 rings (SSSR count). The summed E-state index contributed by atoms with van der Waals surface area (Å²) in [5.41, 5.74) is -2.20. The number of carbonyl (C=O) groups excluding carboxylic acids is 2. The number of esters is 2. The van der Waals surface area contributed by atoms with Crippen LogP contribution in [0.1, 0.15) is 25.3 Å². The van der Waals surface area contributed by atoms with Gasteiger partial charge in [0.05, 0.1) is 6.61 Å². The van der Waals surface area contributed by atoms with Crippen LogP contribution in [0.4, 0.5) is 13.2 Å². The van der Waals surface area contributed by atoms with Crippen LogP contribution in [0.3, 0.4) is 0 Å². The van der Waals surface area contributed by atoms with Crippen LogP contribution in [0.15, 0.2) is 30.3 Å². The number of benzene rings is 1. The van der Waals surface area contributed by atoms with Crippen LogP contribution in [-0.4, -0.2) is 30.3 Å². The van der Waals surface area contributed by atoms with Crippen molar-refractivity contribution in [1.82, 2.24) is 0 Å². The summed E-state index contributed by atoms with van der Waals surface area (Å²) in [6.45, 7) is 1.18. The van der Waals surface area contributed by atoms with Gasteiger partial charge in [0, 0.05) is 0 Å². The second kappa shape index (κ2) is 6.60. The Morgan fingerprint density at radius 1 is 1.30 bits per heavy atom. The highest BCUT2D eigenvalue weighted by Crippen LogP contribution is 2.49. The molecule has 1 heterocycles. The first-order valence-electron chi connectivity index (χ1n) is 7.33. The van der Waals surface area contributed by atoms with E-state index < -0.39 is 29.6 Å². The van der Waals surface area contributed by atoms with Crippen molar-refractivity contribution in [1.29, 1.82) is 0 Å². The zero-order chi connectivity index (χ0) is 17.1. The quantitative estimate of drug-likeness (QED) is 0.752. The zero-order valence-electron chi connectivity index (χ0n) is 12.6. The highest BCUT2D eigenvalue weighted by atomic mass is 19.4. The summed E-state index contributed by atoms with van der Waals surface area (Å²) >= 11 is 0. The molecule has 0 aromatic heterocycles. The second-order valence-corrected chi connectivity index (χ2v) is 5.31. The molecule has 1 aliphatic rings. The van der Waals surface area contributed by atoms with Crippen LogP contribution < -0.4 is 0 Å². The number of cyclic esters (lactones) is 1. The molecule has 23 heavy (non-hydrogen) atoms. The third-order valence-electron chi connectivity index (χ3n) is 3.84. The lowest BCUT2D eigenvalue weighted by Crippen LogP contribution is -2.70. The SMILES string of the molecule is CCOC(=O)[C@]1(C(F)(F)F)OC(=O)[C@@H]1CCCc1ccccc1. The molecular weight excluding hydrogens is 313 g/mol. The summed E-state index contributed by atoms with van der Waals surface area (Å²) in [6, 6.07) is 9.18. The molecule has 0 N–H and O–H groups in total. The van der Waals surface area contributed by atoms with Gasteiger partial charge in [-0.25, -0.2) is 4.79 Å². The maximum atomic E-state index is 13.3. The fraction of sp³-hybridized carbons (Fsp3) is 0.500. The Labute approximate surface area is 131 Å². The van der Waals surface area contributed by atoms with Crippen molar-refractivity contribution in [2.75, 3.05) is 6.61 Å². The molecule has 1 saturated heterocycles. The average molecular weight is 330 g/mol. The molecule has 1 fully saturated rings. The first-order chi connectivity index (χ1) is 10.8. The number of hydrogen-bond acceptors (Lipinski definition) is 4. The standard InChI is InChI=1S/C16H17F3O4/c1-2-22-14(21)15(16(17,18)19)12(13(20)23-15)10-6-9-11-7-4-3-5-8-11/h3-5,7-8,12H,2,6,9-10H2,1H3/t12-,15+/m0/s1. The number of aryl methyl sites for hydroxylation is 1. The highest BCUT2D eigenvalue weighted by Gasteiger charge is 2.77. The van der Waals surface area contributed by atoms with Crippen molar-refractivity contribution >= 4 is 11.9 Å². The fourth-order valence-electron chi connectivity index (χ4n) is 2.68. The van der Waals surface area contributed by atoms with Crippen molar-refractivity contribution in [3.63, 3.8) is 0 Å². The Bertz CT molecular complexity index is 570. The number of hydrogen-bond donors (Lipinski definition) is 0. The Morgan fingerprint density at radius 3 is 2.48 bits per heavy atom. The van der Waals surface area contributed by atoms with Gasteiger partial charge in [-0.3, -0.25) is 4.79 Å². The number of rotatable bonds is 6. The Hall–Kier alpha value is -2.05. The van der Waals surface area contributed by atoms with Gasteiger partial charge in [-0.1, -0.05) is 30.3 Å². The van der Waals surface area contributed by atoms with Gasteiger partial charge in [-0.15, -0.1) is 0 Å². The topological polar surface area (TPSA) is 52.6 Å². The molecule has 0 amide bonds. The van der Waals surface area contributed by atoms with Gasteiger partial charge >= 0.3 is 23.7 Å². The smallest absolute Gasteiger partial charge is 0.440 e. The molecule has 2 atom stereocenters. The summed E-state index contributed by atoms with van der Waals surface area (Å²) in [6.07, 6.45) is -4.24. The Kier molecular flexibility index (Phi) is 4.97. The Morgan fingerprint density at radius 2 is 1.96 bits per heavy atom. The van der Waals surface area contributed by atoms with E-state index in [2.05, 4.69) is 9.47 Å². The van der Waals surface area contributed by atoms with Crippen molar-refractivity contribution in [3.05, 3.63) is 35.9 Å². The zero-order valence-corrected chi connectivity index (χ0v) is 12.6. The van der Waals surface area contributed by atoms with Gasteiger partial charge in [0.15, 0.2) is 0 Å². The molecule has 4 nitrogen and oxygen atoms in total. The molecule has 0 bridgehead atoms. The van der Waals surface area contributed by atoms with Crippen LogP contribution in [0, 0.1) is 5.92 Å². The lowest BCUT2D eigenvalue weighted by atomic mass is 9.77. The summed E-state index contributed by atoms with van der Waals surface area (Å²) in [5, 5.41) is 0. The van der Waals surface area contributed by atoms with E-state index in [-0.39, 0.29) is 13.0 Å². The molecule has 1 aromatic rings. The van der Waals surface area contributed by atoms with E-state index in [0.29, 0.717) is 12.8 Å². The van der Waals surface area contributed by atoms with Crippen molar-refractivity contribution in [2.45, 2.75) is 38.0 Å². The van der Waals surface area contributed by atoms with E-state index in [4.69, 9.17) is 0 Å². The van der Waals surface area contributed by atoms with Gasteiger partial charge in [0.1, 0.15) is 5.92 Å². The minimum atomic E-state index is -5.00. The average Bonchev–Trinajstić information content (AvgIpc) is 2.48. The van der Waals surface area contributed by atoms with Gasteiger partial charge in [0.25, 0.3) is 0 Å². The van der Waals surface area contributed by atoms with E-state index in [1.165, 1.54) is 6.92 Å². The van der Waals surface area contributed by atoms with E-state index >= 15 is 0 Å². The molecule has 1 aliphatic heterocycles. The molecular formula is C16H17F3O4. The van der Waals surface area contributed by atoms with E-state index in [0.717, 1.165) is 5.56 Å². The van der Waals surface area contributed by atoms with Gasteiger partial charge < -0.3 is 9.47 Å². The highest BCUT2D eigenvalue weighted by molar-refractivity contribution is 5.96. The van der Waals surface area contributed by atoms with Crippen molar-refractivity contribution in [2.24, 2.45) is 5.92 Å². The van der Waals surface area contributed by atoms with Crippen LogP contribution in [0.25, 0.3) is 0 Å². The van der Waals surface area contributed by atoms with Crippen LogP contribution in [0.5, 0.6) is 0 Å². The van der Waals surface area contributed by atoms with Gasteiger partial charge in [-0.2, -0.15) is 13.2 Å². The van der Waals surface area contributed by atoms with E-state index in [9.17, 15) is 22.8 Å². The van der Waals surface area contributed by atoms with Crippen LogP contribution in [0.2, 0.25) is 0 Å². The number of ether oxygens (including phenoxy) is 2. The number of halogens is 3. The molecule has 0 unspecified atom stereocenters. The van der Waals surface area contributed by atoms with Gasteiger partial charge in [0.2, 0.25) is 0 Å². The molecule has 0 radical (unpaired) electrons. The van der Waals surface area contributed by atoms with E-state index in [1.807, 2.05) is 30.3 Å². The third-order valence-corrected chi connectivity index (χ3v) is 3.84. The summed E-state index contributed by atoms with van der Waals surface area (Å²) < 4.78 is 48.7. The minimum Gasteiger partial charge on any atom is -0.463 e. The predicted octanol–water partition coefficient (Wildman–Crippen LogP) is 3.05. The first kappa shape index (κ1) is 17.3. The lowest BCUT2D eigenvalue weighted by Gasteiger charge is -2.45. The molecule has 1 aromatic carbocycles. The molecule has 7 heteroatoms. The molecule has 0 saturated carbocycles. The fourth-order valence-corrected chi connectivity index (χ4v) is 2.68. The normalized spacial score (nSPS) is 23.8.